The SMILES string of the molecule is C=C1N(Cc2nc3cc(Cl)ccc3n2N)c2cnccc2C1(CCC)CCC.CC. The fourth-order valence-corrected chi connectivity index (χ4v) is 4.82. The summed E-state index contributed by atoms with van der Waals surface area (Å²) in [6, 6.07) is 7.73. The van der Waals surface area contributed by atoms with E-state index in [1.54, 1.807) is 4.68 Å². The summed E-state index contributed by atoms with van der Waals surface area (Å²) in [5, 5.41) is 0.655. The molecule has 30 heavy (non-hydrogen) atoms. The van der Waals surface area contributed by atoms with Crippen molar-refractivity contribution < 1.29 is 0 Å². The van der Waals surface area contributed by atoms with Crippen LogP contribution < -0.4 is 10.7 Å². The summed E-state index contributed by atoms with van der Waals surface area (Å²) in [5.74, 6) is 7.13. The maximum atomic E-state index is 6.36. The van der Waals surface area contributed by atoms with Gasteiger partial charge in [-0.1, -0.05) is 58.7 Å². The van der Waals surface area contributed by atoms with Crippen LogP contribution in [0, 0.1) is 0 Å². The molecule has 1 aliphatic rings. The van der Waals surface area contributed by atoms with Gasteiger partial charge in [0.05, 0.1) is 29.5 Å². The van der Waals surface area contributed by atoms with Gasteiger partial charge in [-0.15, -0.1) is 0 Å². The Balaban J connectivity index is 0.00000124. The Morgan fingerprint density at radius 2 is 1.83 bits per heavy atom. The normalized spacial score (nSPS) is 14.6. The summed E-state index contributed by atoms with van der Waals surface area (Å²) in [4.78, 5) is 11.4. The smallest absolute Gasteiger partial charge is 0.148 e. The lowest BCUT2D eigenvalue weighted by molar-refractivity contribution is 0.425. The van der Waals surface area contributed by atoms with Crippen molar-refractivity contribution in [3.8, 4) is 0 Å². The largest absolute Gasteiger partial charge is 0.337 e. The van der Waals surface area contributed by atoms with Crippen LogP contribution in [-0.4, -0.2) is 14.6 Å². The first-order valence-corrected chi connectivity index (χ1v) is 11.2. The molecule has 0 atom stereocenters. The summed E-state index contributed by atoms with van der Waals surface area (Å²) in [6.07, 6.45) is 8.17. The fraction of sp³-hybridized carbons (Fsp3) is 0.417. The summed E-state index contributed by atoms with van der Waals surface area (Å²) in [6.45, 7) is 13.6. The number of aromatic nitrogens is 3. The number of nitrogens with two attached hydrogens (primary N) is 1. The Morgan fingerprint density at radius 1 is 1.13 bits per heavy atom. The molecular formula is C24H32ClN5. The van der Waals surface area contributed by atoms with Gasteiger partial charge in [0, 0.05) is 22.3 Å². The number of benzene rings is 1. The van der Waals surface area contributed by atoms with E-state index in [9.17, 15) is 0 Å². The van der Waals surface area contributed by atoms with E-state index >= 15 is 0 Å². The number of nitrogens with zero attached hydrogens (tertiary/aromatic N) is 4. The molecule has 0 spiro atoms. The summed E-state index contributed by atoms with van der Waals surface area (Å²) >= 11 is 6.12. The third-order valence-corrected chi connectivity index (χ3v) is 6.10. The molecule has 160 valence electrons. The van der Waals surface area contributed by atoms with E-state index in [-0.39, 0.29) is 5.41 Å². The van der Waals surface area contributed by atoms with E-state index in [0.29, 0.717) is 11.6 Å². The number of imidazole rings is 1. The maximum absolute atomic E-state index is 6.36. The zero-order valence-corrected chi connectivity index (χ0v) is 19.2. The first-order valence-electron chi connectivity index (χ1n) is 10.8. The number of pyridine rings is 1. The molecule has 5 nitrogen and oxygen atoms in total. The summed E-state index contributed by atoms with van der Waals surface area (Å²) in [7, 11) is 0. The van der Waals surface area contributed by atoms with Crippen LogP contribution in [0.25, 0.3) is 11.0 Å². The second-order valence-electron chi connectivity index (χ2n) is 7.54. The van der Waals surface area contributed by atoms with E-state index in [1.165, 1.54) is 5.56 Å². The van der Waals surface area contributed by atoms with Gasteiger partial charge in [-0.05, 0) is 42.7 Å². The van der Waals surface area contributed by atoms with E-state index < -0.39 is 0 Å². The first-order chi connectivity index (χ1) is 14.5. The minimum atomic E-state index is -0.0451. The van der Waals surface area contributed by atoms with Crippen LogP contribution in [0.1, 0.15) is 64.8 Å². The highest BCUT2D eigenvalue weighted by molar-refractivity contribution is 6.31. The average molecular weight is 426 g/mol. The van der Waals surface area contributed by atoms with Crippen LogP contribution in [0.5, 0.6) is 0 Å². The number of rotatable bonds is 6. The molecule has 1 aromatic carbocycles. The van der Waals surface area contributed by atoms with Gasteiger partial charge in [0.15, 0.2) is 0 Å². The molecule has 0 amide bonds. The molecule has 0 bridgehead atoms. The van der Waals surface area contributed by atoms with E-state index in [4.69, 9.17) is 22.4 Å². The molecule has 0 saturated carbocycles. The van der Waals surface area contributed by atoms with E-state index in [2.05, 4.69) is 36.4 Å². The van der Waals surface area contributed by atoms with Crippen LogP contribution in [0.4, 0.5) is 5.69 Å². The topological polar surface area (TPSA) is 60.0 Å². The van der Waals surface area contributed by atoms with Gasteiger partial charge in [-0.2, -0.15) is 0 Å². The van der Waals surface area contributed by atoms with Crippen molar-refractivity contribution in [3.63, 3.8) is 0 Å². The Morgan fingerprint density at radius 3 is 2.50 bits per heavy atom. The maximum Gasteiger partial charge on any atom is 0.148 e. The molecule has 4 rings (SSSR count). The van der Waals surface area contributed by atoms with Crippen molar-refractivity contribution in [3.05, 3.63) is 65.3 Å². The molecule has 2 N–H and O–H groups in total. The predicted molar refractivity (Wildman–Crippen MR) is 127 cm³/mol. The zero-order chi connectivity index (χ0) is 21.9. The molecule has 1 aliphatic heterocycles. The quantitative estimate of drug-likeness (QED) is 0.478. The first kappa shape index (κ1) is 22.2. The highest BCUT2D eigenvalue weighted by atomic mass is 35.5. The second kappa shape index (κ2) is 9.09. The molecule has 2 aromatic heterocycles. The molecular weight excluding hydrogens is 394 g/mol. The molecule has 0 aliphatic carbocycles. The zero-order valence-electron chi connectivity index (χ0n) is 18.5. The van der Waals surface area contributed by atoms with Crippen molar-refractivity contribution in [2.75, 3.05) is 10.7 Å². The number of anilines is 1. The predicted octanol–water partition coefficient (Wildman–Crippen LogP) is 6.20. The third kappa shape index (κ3) is 3.56. The fourth-order valence-electron chi connectivity index (χ4n) is 4.66. The van der Waals surface area contributed by atoms with Crippen molar-refractivity contribution in [1.82, 2.24) is 14.6 Å². The van der Waals surface area contributed by atoms with Crippen molar-refractivity contribution >= 4 is 28.3 Å². The van der Waals surface area contributed by atoms with Crippen LogP contribution in [0.3, 0.4) is 0 Å². The highest BCUT2D eigenvalue weighted by Gasteiger charge is 2.45. The van der Waals surface area contributed by atoms with Crippen LogP contribution in [0.15, 0.2) is 48.9 Å². The van der Waals surface area contributed by atoms with Crippen LogP contribution >= 0.6 is 11.6 Å². The Labute approximate surface area is 184 Å². The number of nitrogen functional groups attached to an aromatic ring is 1. The Hall–Kier alpha value is -2.53. The monoisotopic (exact) mass is 425 g/mol. The van der Waals surface area contributed by atoms with Gasteiger partial charge in [0.2, 0.25) is 0 Å². The molecule has 0 radical (unpaired) electrons. The van der Waals surface area contributed by atoms with Crippen molar-refractivity contribution in [1.29, 1.82) is 0 Å². The van der Waals surface area contributed by atoms with Gasteiger partial charge >= 0.3 is 0 Å². The summed E-state index contributed by atoms with van der Waals surface area (Å²) < 4.78 is 1.65. The molecule has 3 aromatic rings. The lowest BCUT2D eigenvalue weighted by Crippen LogP contribution is -2.31. The van der Waals surface area contributed by atoms with Gasteiger partial charge in [-0.3, -0.25) is 4.98 Å². The Bertz CT molecular complexity index is 1030. The molecule has 6 heteroatoms. The van der Waals surface area contributed by atoms with E-state index in [1.807, 2.05) is 44.4 Å². The molecule has 0 saturated heterocycles. The van der Waals surface area contributed by atoms with Gasteiger partial charge in [0.25, 0.3) is 0 Å². The minimum absolute atomic E-state index is 0.0451. The van der Waals surface area contributed by atoms with Crippen molar-refractivity contribution in [2.24, 2.45) is 0 Å². The molecule has 3 heterocycles. The lowest BCUT2D eigenvalue weighted by atomic mass is 9.73. The van der Waals surface area contributed by atoms with Gasteiger partial charge in [0.1, 0.15) is 5.82 Å². The highest BCUT2D eigenvalue weighted by Crippen LogP contribution is 2.52. The lowest BCUT2D eigenvalue weighted by Gasteiger charge is -2.32. The number of allylic oxidation sites excluding steroid dienone is 1. The summed E-state index contributed by atoms with van der Waals surface area (Å²) in [5.41, 5.74) is 5.16. The number of fused-ring (bicyclic) bond motifs is 2. The molecule has 0 unspecified atom stereocenters. The van der Waals surface area contributed by atoms with Gasteiger partial charge in [-0.25, -0.2) is 9.66 Å². The third-order valence-electron chi connectivity index (χ3n) is 5.86. The standard InChI is InChI=1S/C22H26ClN5.C2H6/c1-4-9-22(10-5-2)15(3)27(20-13-25-11-8-17(20)22)14-21-26-18-12-16(23)6-7-19(18)28(21)24;1-2/h6-8,11-13H,3-5,9-10,14,24H2,1-2H3;1-2H3. The number of hydrogen-bond donors (Lipinski definition) is 1. The minimum Gasteiger partial charge on any atom is -0.337 e. The molecule has 0 fully saturated rings. The van der Waals surface area contributed by atoms with Crippen LogP contribution in [0.2, 0.25) is 5.02 Å². The van der Waals surface area contributed by atoms with Gasteiger partial charge < -0.3 is 10.7 Å². The van der Waals surface area contributed by atoms with Crippen molar-refractivity contribution in [2.45, 2.75) is 65.3 Å². The Kier molecular flexibility index (Phi) is 6.71. The van der Waals surface area contributed by atoms with E-state index in [0.717, 1.165) is 53.9 Å². The number of halogens is 1. The second-order valence-corrected chi connectivity index (χ2v) is 7.98. The average Bonchev–Trinajstić information content (AvgIpc) is 3.18. The van der Waals surface area contributed by atoms with Crippen LogP contribution in [-0.2, 0) is 12.0 Å². The number of hydrogen-bond acceptors (Lipinski definition) is 4.